The molecule has 0 atom stereocenters. The van der Waals surface area contributed by atoms with E-state index in [0.717, 1.165) is 32.1 Å². The lowest BCUT2D eigenvalue weighted by molar-refractivity contribution is 0.248. The van der Waals surface area contributed by atoms with Gasteiger partial charge in [0.1, 0.15) is 0 Å². The molecule has 1 aliphatic rings. The van der Waals surface area contributed by atoms with Crippen molar-refractivity contribution in [1.82, 2.24) is 10.2 Å². The minimum Gasteiger partial charge on any atom is -0.309 e. The highest BCUT2D eigenvalue weighted by atomic mass is 15.1. The van der Waals surface area contributed by atoms with E-state index >= 15 is 0 Å². The Balaban J connectivity index is 2.02. The molecule has 0 amide bonds. The fourth-order valence-corrected chi connectivity index (χ4v) is 2.53. The SMILES string of the molecule is CCN(Cc1ccc2c(c1)CNC2)CC(C)C. The minimum atomic E-state index is 0.742. The Morgan fingerprint density at radius 3 is 2.71 bits per heavy atom. The molecule has 1 N–H and O–H groups in total. The van der Waals surface area contributed by atoms with E-state index in [1.807, 2.05) is 0 Å². The first kappa shape index (κ1) is 12.6. The van der Waals surface area contributed by atoms with Crippen LogP contribution in [0.15, 0.2) is 18.2 Å². The molecule has 94 valence electrons. The standard InChI is InChI=1S/C15H24N2/c1-4-17(10-12(2)3)11-13-5-6-14-8-16-9-15(14)7-13/h5-7,12,16H,4,8-11H2,1-3H3. The Kier molecular flexibility index (Phi) is 4.19. The summed E-state index contributed by atoms with van der Waals surface area (Å²) in [6, 6.07) is 6.95. The fourth-order valence-electron chi connectivity index (χ4n) is 2.53. The van der Waals surface area contributed by atoms with Gasteiger partial charge < -0.3 is 5.32 Å². The molecule has 1 heterocycles. The van der Waals surface area contributed by atoms with Gasteiger partial charge in [0.25, 0.3) is 0 Å². The topological polar surface area (TPSA) is 15.3 Å². The normalized spacial score (nSPS) is 14.6. The predicted molar refractivity (Wildman–Crippen MR) is 72.8 cm³/mol. The smallest absolute Gasteiger partial charge is 0.0233 e. The lowest BCUT2D eigenvalue weighted by atomic mass is 10.1. The van der Waals surface area contributed by atoms with Crippen LogP contribution in [0, 0.1) is 5.92 Å². The largest absolute Gasteiger partial charge is 0.309 e. The maximum Gasteiger partial charge on any atom is 0.0233 e. The number of nitrogens with zero attached hydrogens (tertiary/aromatic N) is 1. The first-order valence-electron chi connectivity index (χ1n) is 6.72. The monoisotopic (exact) mass is 232 g/mol. The summed E-state index contributed by atoms with van der Waals surface area (Å²) in [4.78, 5) is 2.52. The van der Waals surface area contributed by atoms with Gasteiger partial charge in [-0.3, -0.25) is 4.90 Å². The molecule has 0 saturated heterocycles. The molecule has 1 aliphatic heterocycles. The van der Waals surface area contributed by atoms with Gasteiger partial charge in [0.15, 0.2) is 0 Å². The van der Waals surface area contributed by atoms with Crippen molar-refractivity contribution in [3.63, 3.8) is 0 Å². The van der Waals surface area contributed by atoms with E-state index in [4.69, 9.17) is 0 Å². The molecule has 1 aromatic rings. The van der Waals surface area contributed by atoms with Crippen LogP contribution in [0.3, 0.4) is 0 Å². The van der Waals surface area contributed by atoms with Crippen molar-refractivity contribution >= 4 is 0 Å². The third-order valence-electron chi connectivity index (χ3n) is 3.38. The third kappa shape index (κ3) is 3.30. The van der Waals surface area contributed by atoms with Crippen molar-refractivity contribution in [1.29, 1.82) is 0 Å². The Hall–Kier alpha value is -0.860. The molecule has 2 rings (SSSR count). The molecule has 0 bridgehead atoms. The number of rotatable bonds is 5. The van der Waals surface area contributed by atoms with E-state index in [9.17, 15) is 0 Å². The highest BCUT2D eigenvalue weighted by Crippen LogP contribution is 2.18. The van der Waals surface area contributed by atoms with Crippen LogP contribution in [0.2, 0.25) is 0 Å². The molecular weight excluding hydrogens is 208 g/mol. The zero-order valence-electron chi connectivity index (χ0n) is 11.3. The molecule has 0 aromatic heterocycles. The highest BCUT2D eigenvalue weighted by molar-refractivity contribution is 5.34. The Bertz CT molecular complexity index is 371. The van der Waals surface area contributed by atoms with Gasteiger partial charge in [0.05, 0.1) is 0 Å². The molecule has 0 unspecified atom stereocenters. The van der Waals surface area contributed by atoms with Gasteiger partial charge in [-0.25, -0.2) is 0 Å². The van der Waals surface area contributed by atoms with Crippen molar-refractivity contribution < 1.29 is 0 Å². The van der Waals surface area contributed by atoms with Crippen LogP contribution >= 0.6 is 0 Å². The first-order chi connectivity index (χ1) is 8.19. The second-order valence-electron chi connectivity index (χ2n) is 5.43. The van der Waals surface area contributed by atoms with Crippen LogP contribution in [0.25, 0.3) is 0 Å². The highest BCUT2D eigenvalue weighted by Gasteiger charge is 2.11. The lowest BCUT2D eigenvalue weighted by Crippen LogP contribution is -2.27. The molecule has 2 nitrogen and oxygen atoms in total. The van der Waals surface area contributed by atoms with Gasteiger partial charge in [-0.1, -0.05) is 39.0 Å². The molecule has 0 spiro atoms. The van der Waals surface area contributed by atoms with E-state index in [1.165, 1.54) is 23.2 Å². The van der Waals surface area contributed by atoms with Crippen LogP contribution in [0.5, 0.6) is 0 Å². The molecule has 0 fully saturated rings. The molecular formula is C15H24N2. The predicted octanol–water partition coefficient (Wildman–Crippen LogP) is 2.77. The van der Waals surface area contributed by atoms with Crippen LogP contribution < -0.4 is 5.32 Å². The van der Waals surface area contributed by atoms with Crippen LogP contribution in [0.1, 0.15) is 37.5 Å². The van der Waals surface area contributed by atoms with Crippen molar-refractivity contribution in [2.24, 2.45) is 5.92 Å². The van der Waals surface area contributed by atoms with Crippen LogP contribution in [-0.2, 0) is 19.6 Å². The average Bonchev–Trinajstić information content (AvgIpc) is 2.74. The summed E-state index contributed by atoms with van der Waals surface area (Å²) in [5.74, 6) is 0.742. The number of benzene rings is 1. The number of hydrogen-bond donors (Lipinski definition) is 1. The molecule has 0 aliphatic carbocycles. The average molecular weight is 232 g/mol. The maximum atomic E-state index is 3.40. The summed E-state index contributed by atoms with van der Waals surface area (Å²) in [6.45, 7) is 12.3. The second kappa shape index (κ2) is 5.65. The summed E-state index contributed by atoms with van der Waals surface area (Å²) in [5, 5.41) is 3.40. The summed E-state index contributed by atoms with van der Waals surface area (Å²) in [5.41, 5.74) is 4.42. The first-order valence-corrected chi connectivity index (χ1v) is 6.72. The van der Waals surface area contributed by atoms with Crippen LogP contribution in [-0.4, -0.2) is 18.0 Å². The summed E-state index contributed by atoms with van der Waals surface area (Å²) >= 11 is 0. The van der Waals surface area contributed by atoms with Crippen molar-refractivity contribution in [2.45, 2.75) is 40.4 Å². The quantitative estimate of drug-likeness (QED) is 0.840. The van der Waals surface area contributed by atoms with E-state index in [2.05, 4.69) is 49.2 Å². The van der Waals surface area contributed by atoms with Crippen molar-refractivity contribution in [3.8, 4) is 0 Å². The van der Waals surface area contributed by atoms with Gasteiger partial charge in [0.2, 0.25) is 0 Å². The van der Waals surface area contributed by atoms with Crippen LogP contribution in [0.4, 0.5) is 0 Å². The minimum absolute atomic E-state index is 0.742. The van der Waals surface area contributed by atoms with E-state index in [0.29, 0.717) is 0 Å². The summed E-state index contributed by atoms with van der Waals surface area (Å²) < 4.78 is 0. The van der Waals surface area contributed by atoms with Gasteiger partial charge in [-0.2, -0.15) is 0 Å². The molecule has 0 saturated carbocycles. The Labute approximate surface area is 105 Å². The van der Waals surface area contributed by atoms with E-state index < -0.39 is 0 Å². The van der Waals surface area contributed by atoms with Crippen molar-refractivity contribution in [2.75, 3.05) is 13.1 Å². The lowest BCUT2D eigenvalue weighted by Gasteiger charge is -2.22. The third-order valence-corrected chi connectivity index (χ3v) is 3.38. The summed E-state index contributed by atoms with van der Waals surface area (Å²) in [7, 11) is 0. The van der Waals surface area contributed by atoms with Gasteiger partial charge >= 0.3 is 0 Å². The van der Waals surface area contributed by atoms with Gasteiger partial charge in [-0.05, 0) is 29.2 Å². The van der Waals surface area contributed by atoms with E-state index in [1.54, 1.807) is 0 Å². The van der Waals surface area contributed by atoms with Gasteiger partial charge in [0, 0.05) is 26.2 Å². The molecule has 2 heteroatoms. The summed E-state index contributed by atoms with van der Waals surface area (Å²) in [6.07, 6.45) is 0. The van der Waals surface area contributed by atoms with Gasteiger partial charge in [-0.15, -0.1) is 0 Å². The maximum absolute atomic E-state index is 3.40. The molecule has 1 aromatic carbocycles. The molecule has 0 radical (unpaired) electrons. The number of nitrogens with one attached hydrogen (secondary N) is 1. The zero-order valence-corrected chi connectivity index (χ0v) is 11.3. The Morgan fingerprint density at radius 2 is 2.00 bits per heavy atom. The van der Waals surface area contributed by atoms with E-state index in [-0.39, 0.29) is 0 Å². The fraction of sp³-hybridized carbons (Fsp3) is 0.600. The van der Waals surface area contributed by atoms with Crippen molar-refractivity contribution in [3.05, 3.63) is 34.9 Å². The number of fused-ring (bicyclic) bond motifs is 1. The second-order valence-corrected chi connectivity index (χ2v) is 5.43. The Morgan fingerprint density at radius 1 is 1.24 bits per heavy atom. The zero-order chi connectivity index (χ0) is 12.3. The molecule has 17 heavy (non-hydrogen) atoms. The number of hydrogen-bond acceptors (Lipinski definition) is 2.